The van der Waals surface area contributed by atoms with Crippen LogP contribution in [-0.4, -0.2) is 21.9 Å². The number of hydrogen-bond donors (Lipinski definition) is 1. The third-order valence-electron chi connectivity index (χ3n) is 1.72. The monoisotopic (exact) mass is 189 g/mol. The molecule has 0 bridgehead atoms. The van der Waals surface area contributed by atoms with Gasteiger partial charge in [0.1, 0.15) is 0 Å². The van der Waals surface area contributed by atoms with Crippen LogP contribution in [-0.2, 0) is 4.79 Å². The molecule has 0 unspecified atom stereocenters. The van der Waals surface area contributed by atoms with Gasteiger partial charge >= 0.3 is 0 Å². The largest absolute Gasteiger partial charge is 0.406 e. The zero-order chi connectivity index (χ0) is 9.80. The van der Waals surface area contributed by atoms with Crippen LogP contribution in [0.1, 0.15) is 0 Å². The zero-order valence-electron chi connectivity index (χ0n) is 7.18. The van der Waals surface area contributed by atoms with Gasteiger partial charge in [0.05, 0.1) is 0 Å². The van der Waals surface area contributed by atoms with Crippen molar-refractivity contribution >= 4 is 6.47 Å². The van der Waals surface area contributed by atoms with Crippen LogP contribution >= 0.6 is 0 Å². The summed E-state index contributed by atoms with van der Waals surface area (Å²) in [6.45, 7) is 0.324. The molecule has 5 heteroatoms. The number of nitrogens with one attached hydrogen (secondary N) is 1. The van der Waals surface area contributed by atoms with Crippen LogP contribution in [0.2, 0.25) is 0 Å². The maximum Gasteiger partial charge on any atom is 0.299 e. The second-order valence-corrected chi connectivity index (χ2v) is 2.56. The van der Waals surface area contributed by atoms with Gasteiger partial charge in [-0.25, -0.2) is 0 Å². The lowest BCUT2D eigenvalue weighted by Crippen LogP contribution is -1.90. The molecule has 2 rings (SSSR count). The lowest BCUT2D eigenvalue weighted by atomic mass is 10.2. The maximum atomic E-state index is 10.2. The Labute approximate surface area is 79.7 Å². The third-order valence-corrected chi connectivity index (χ3v) is 1.72. The second-order valence-electron chi connectivity index (χ2n) is 2.56. The number of rotatable bonds is 3. The summed E-state index contributed by atoms with van der Waals surface area (Å²) in [7, 11) is 0. The van der Waals surface area contributed by atoms with Gasteiger partial charge in [0.2, 0.25) is 0 Å². The van der Waals surface area contributed by atoms with Crippen LogP contribution in [0.4, 0.5) is 0 Å². The number of carbonyl (C=O) groups excluding carboxylic acids is 1. The van der Waals surface area contributed by atoms with Gasteiger partial charge in [-0.1, -0.05) is 30.3 Å². The van der Waals surface area contributed by atoms with E-state index in [4.69, 9.17) is 0 Å². The minimum absolute atomic E-state index is 0.186. The highest BCUT2D eigenvalue weighted by Crippen LogP contribution is 2.23. The number of benzene rings is 1. The Kier molecular flexibility index (Phi) is 2.22. The Hall–Kier alpha value is -2.17. The lowest BCUT2D eigenvalue weighted by molar-refractivity contribution is -0.120. The van der Waals surface area contributed by atoms with Crippen molar-refractivity contribution in [3.63, 3.8) is 0 Å². The average molecular weight is 189 g/mol. The normalized spacial score (nSPS) is 9.71. The quantitative estimate of drug-likeness (QED) is 0.731. The van der Waals surface area contributed by atoms with Gasteiger partial charge in [-0.2, -0.15) is 10.3 Å². The van der Waals surface area contributed by atoms with Crippen molar-refractivity contribution in [2.24, 2.45) is 0 Å². The summed E-state index contributed by atoms with van der Waals surface area (Å²) in [5.74, 6) is 0.186. The van der Waals surface area contributed by atoms with Gasteiger partial charge in [-0.05, 0) is 0 Å². The fourth-order valence-corrected chi connectivity index (χ4v) is 1.13. The molecule has 1 N–H and O–H groups in total. The molecule has 0 amide bonds. The number of carbonyl (C=O) groups is 1. The number of H-pyrrole nitrogens is 1. The number of ether oxygens (including phenoxy) is 1. The first kappa shape index (κ1) is 8.43. The van der Waals surface area contributed by atoms with E-state index in [9.17, 15) is 4.79 Å². The highest BCUT2D eigenvalue weighted by molar-refractivity contribution is 5.65. The Morgan fingerprint density at radius 3 is 2.71 bits per heavy atom. The Bertz CT molecular complexity index is 425. The smallest absolute Gasteiger partial charge is 0.299 e. The summed E-state index contributed by atoms with van der Waals surface area (Å²) in [6, 6.07) is 9.35. The van der Waals surface area contributed by atoms with E-state index in [1.807, 2.05) is 30.3 Å². The standard InChI is InChI=1S/C9H7N3O2/c13-6-14-9-8(10-12-11-9)7-4-2-1-3-5-7/h1-6H,(H,10,11,12). The van der Waals surface area contributed by atoms with Gasteiger partial charge in [0.25, 0.3) is 12.4 Å². The van der Waals surface area contributed by atoms with Crippen molar-refractivity contribution in [2.75, 3.05) is 0 Å². The molecule has 0 fully saturated rings. The molecule has 0 aliphatic heterocycles. The summed E-state index contributed by atoms with van der Waals surface area (Å²) < 4.78 is 4.65. The molecular weight excluding hydrogens is 182 g/mol. The van der Waals surface area contributed by atoms with Crippen molar-refractivity contribution in [3.8, 4) is 17.1 Å². The van der Waals surface area contributed by atoms with Crippen LogP contribution in [0.3, 0.4) is 0 Å². The molecule has 1 heterocycles. The Balaban J connectivity index is 2.41. The molecule has 0 aliphatic carbocycles. The average Bonchev–Trinajstić information content (AvgIpc) is 2.68. The van der Waals surface area contributed by atoms with Gasteiger partial charge in [0.15, 0.2) is 5.69 Å². The lowest BCUT2D eigenvalue weighted by Gasteiger charge is -1.96. The predicted molar refractivity (Wildman–Crippen MR) is 48.5 cm³/mol. The van der Waals surface area contributed by atoms with Gasteiger partial charge in [-0.3, -0.25) is 4.79 Å². The molecule has 0 atom stereocenters. The van der Waals surface area contributed by atoms with Crippen LogP contribution in [0.25, 0.3) is 11.3 Å². The van der Waals surface area contributed by atoms with Gasteiger partial charge < -0.3 is 4.74 Å². The molecule has 0 saturated carbocycles. The van der Waals surface area contributed by atoms with Crippen LogP contribution in [0.15, 0.2) is 30.3 Å². The molecule has 0 aliphatic rings. The van der Waals surface area contributed by atoms with Crippen molar-refractivity contribution in [1.29, 1.82) is 0 Å². The molecule has 0 spiro atoms. The minimum atomic E-state index is 0.186. The third kappa shape index (κ3) is 1.47. The highest BCUT2D eigenvalue weighted by atomic mass is 16.5. The Morgan fingerprint density at radius 1 is 1.21 bits per heavy atom. The molecule has 0 saturated heterocycles. The minimum Gasteiger partial charge on any atom is -0.406 e. The van der Waals surface area contributed by atoms with Crippen molar-refractivity contribution in [3.05, 3.63) is 30.3 Å². The first-order valence-electron chi connectivity index (χ1n) is 3.98. The van der Waals surface area contributed by atoms with E-state index >= 15 is 0 Å². The van der Waals surface area contributed by atoms with Crippen LogP contribution < -0.4 is 4.74 Å². The van der Waals surface area contributed by atoms with Gasteiger partial charge in [0, 0.05) is 5.56 Å². The first-order valence-corrected chi connectivity index (χ1v) is 3.98. The summed E-state index contributed by atoms with van der Waals surface area (Å²) in [4.78, 5) is 10.2. The summed E-state index contributed by atoms with van der Waals surface area (Å²) in [6.07, 6.45) is 0. The van der Waals surface area contributed by atoms with E-state index in [0.717, 1.165) is 5.56 Å². The van der Waals surface area contributed by atoms with E-state index in [-0.39, 0.29) is 5.88 Å². The van der Waals surface area contributed by atoms with Crippen molar-refractivity contribution < 1.29 is 9.53 Å². The van der Waals surface area contributed by atoms with E-state index in [0.29, 0.717) is 12.2 Å². The summed E-state index contributed by atoms with van der Waals surface area (Å²) in [5, 5.41) is 9.98. The maximum absolute atomic E-state index is 10.2. The summed E-state index contributed by atoms with van der Waals surface area (Å²) in [5.41, 5.74) is 1.37. The Morgan fingerprint density at radius 2 is 2.00 bits per heavy atom. The zero-order valence-corrected chi connectivity index (χ0v) is 7.18. The number of aromatic nitrogens is 3. The number of hydrogen-bond acceptors (Lipinski definition) is 4. The van der Waals surface area contributed by atoms with E-state index in [2.05, 4.69) is 20.1 Å². The SMILES string of the molecule is O=COc1n[nH]nc1-c1ccccc1. The van der Waals surface area contributed by atoms with Crippen LogP contribution in [0, 0.1) is 0 Å². The van der Waals surface area contributed by atoms with E-state index in [1.165, 1.54) is 0 Å². The number of nitrogens with zero attached hydrogens (tertiary/aromatic N) is 2. The van der Waals surface area contributed by atoms with Crippen LogP contribution in [0.5, 0.6) is 5.88 Å². The van der Waals surface area contributed by atoms with Crippen molar-refractivity contribution in [1.82, 2.24) is 15.4 Å². The molecule has 1 aromatic heterocycles. The summed E-state index contributed by atoms with van der Waals surface area (Å²) >= 11 is 0. The molecule has 70 valence electrons. The van der Waals surface area contributed by atoms with Crippen molar-refractivity contribution in [2.45, 2.75) is 0 Å². The first-order chi connectivity index (χ1) is 6.92. The molecule has 14 heavy (non-hydrogen) atoms. The van der Waals surface area contributed by atoms with Gasteiger partial charge in [-0.15, -0.1) is 5.10 Å². The van der Waals surface area contributed by atoms with E-state index in [1.54, 1.807) is 0 Å². The topological polar surface area (TPSA) is 67.9 Å². The molecule has 0 radical (unpaired) electrons. The highest BCUT2D eigenvalue weighted by Gasteiger charge is 2.10. The molecule has 2 aromatic rings. The number of aromatic amines is 1. The fraction of sp³-hybridized carbons (Fsp3) is 0. The van der Waals surface area contributed by atoms with E-state index < -0.39 is 0 Å². The molecule has 1 aromatic carbocycles. The molecular formula is C9H7N3O2. The predicted octanol–water partition coefficient (Wildman–Crippen LogP) is 1.01. The second kappa shape index (κ2) is 3.69. The molecule has 5 nitrogen and oxygen atoms in total. The fourth-order valence-electron chi connectivity index (χ4n) is 1.13.